The SMILES string of the molecule is C[C@H](NC(=O)[C@H](CCCCN)NCCOc1ccc(-c2c(C#N)c(N)nc(SCc3csc(-c4ccc(Cl)cc4)n3)c2C#N)cc1)C(=O)O.Cl.Cl. The van der Waals surface area contributed by atoms with Crippen molar-refractivity contribution < 1.29 is 19.4 Å². The molecule has 0 saturated heterocycles. The summed E-state index contributed by atoms with van der Waals surface area (Å²) in [4.78, 5) is 32.9. The number of carboxylic acid groups (broad SMARTS) is 1. The number of nitrogens with zero attached hydrogens (tertiary/aromatic N) is 4. The first kappa shape index (κ1) is 43.0. The lowest BCUT2D eigenvalue weighted by Crippen LogP contribution is -2.50. The molecule has 2 heterocycles. The number of rotatable bonds is 17. The molecule has 2 atom stereocenters. The molecule has 12 nitrogen and oxygen atoms in total. The minimum absolute atomic E-state index is 0. The van der Waals surface area contributed by atoms with Crippen LogP contribution < -0.4 is 26.8 Å². The molecule has 0 radical (unpaired) electrons. The highest BCUT2D eigenvalue weighted by Gasteiger charge is 2.23. The first-order chi connectivity index (χ1) is 23.6. The van der Waals surface area contributed by atoms with Gasteiger partial charge in [-0.3, -0.25) is 9.59 Å². The maximum atomic E-state index is 12.6. The molecular weight excluding hydrogens is 755 g/mol. The molecule has 7 N–H and O–H groups in total. The Morgan fingerprint density at radius 2 is 1.71 bits per heavy atom. The Morgan fingerprint density at radius 1 is 1.04 bits per heavy atom. The van der Waals surface area contributed by atoms with E-state index in [0.29, 0.717) is 58.6 Å². The van der Waals surface area contributed by atoms with Gasteiger partial charge in [0.1, 0.15) is 52.0 Å². The highest BCUT2D eigenvalue weighted by Crippen LogP contribution is 2.37. The largest absolute Gasteiger partial charge is 0.492 e. The molecule has 0 spiro atoms. The zero-order valence-corrected chi connectivity index (χ0v) is 31.4. The van der Waals surface area contributed by atoms with E-state index >= 15 is 0 Å². The number of aliphatic carboxylic acids is 1. The summed E-state index contributed by atoms with van der Waals surface area (Å²) < 4.78 is 5.87. The Bertz CT molecular complexity index is 1850. The summed E-state index contributed by atoms with van der Waals surface area (Å²) in [5, 5.41) is 38.7. The number of hydrogen-bond donors (Lipinski definition) is 5. The Labute approximate surface area is 321 Å². The van der Waals surface area contributed by atoms with Gasteiger partial charge < -0.3 is 31.9 Å². The van der Waals surface area contributed by atoms with E-state index in [0.717, 1.165) is 22.7 Å². The number of nitrogens with two attached hydrogens (primary N) is 2. The zero-order valence-electron chi connectivity index (χ0n) is 27.4. The van der Waals surface area contributed by atoms with Crippen LogP contribution in [-0.4, -0.2) is 58.7 Å². The molecule has 0 aliphatic heterocycles. The van der Waals surface area contributed by atoms with Crippen molar-refractivity contribution in [2.45, 2.75) is 49.0 Å². The van der Waals surface area contributed by atoms with Crippen molar-refractivity contribution in [1.29, 1.82) is 10.5 Å². The summed E-state index contributed by atoms with van der Waals surface area (Å²) >= 11 is 8.83. The van der Waals surface area contributed by atoms with E-state index in [1.165, 1.54) is 30.0 Å². The van der Waals surface area contributed by atoms with Crippen LogP contribution in [0.5, 0.6) is 5.75 Å². The van der Waals surface area contributed by atoms with Crippen LogP contribution in [-0.2, 0) is 15.3 Å². The van der Waals surface area contributed by atoms with Crippen LogP contribution in [0.25, 0.3) is 21.7 Å². The van der Waals surface area contributed by atoms with Crippen molar-refractivity contribution in [3.8, 4) is 39.6 Å². The Balaban J connectivity index is 0.00000451. The number of ether oxygens (including phenoxy) is 1. The van der Waals surface area contributed by atoms with Crippen LogP contribution >= 0.6 is 59.5 Å². The highest BCUT2D eigenvalue weighted by atomic mass is 35.5. The number of benzene rings is 2. The molecule has 51 heavy (non-hydrogen) atoms. The average molecular weight is 792 g/mol. The Kier molecular flexibility index (Phi) is 18.0. The van der Waals surface area contributed by atoms with Crippen molar-refractivity contribution in [1.82, 2.24) is 20.6 Å². The average Bonchev–Trinajstić information content (AvgIpc) is 3.57. The predicted molar refractivity (Wildman–Crippen MR) is 206 cm³/mol. The van der Waals surface area contributed by atoms with Crippen molar-refractivity contribution in [2.75, 3.05) is 25.4 Å². The van der Waals surface area contributed by atoms with Gasteiger partial charge >= 0.3 is 5.97 Å². The Morgan fingerprint density at radius 3 is 2.33 bits per heavy atom. The van der Waals surface area contributed by atoms with E-state index in [4.69, 9.17) is 37.9 Å². The van der Waals surface area contributed by atoms with Crippen molar-refractivity contribution in [2.24, 2.45) is 5.73 Å². The number of nitrogens with one attached hydrogen (secondary N) is 2. The summed E-state index contributed by atoms with van der Waals surface area (Å²) in [7, 11) is 0. The van der Waals surface area contributed by atoms with Crippen LogP contribution in [0.4, 0.5) is 5.82 Å². The second-order valence-corrected chi connectivity index (χ2v) is 13.1. The van der Waals surface area contributed by atoms with E-state index in [-0.39, 0.29) is 48.4 Å². The van der Waals surface area contributed by atoms with E-state index in [2.05, 4.69) is 27.8 Å². The molecule has 0 saturated carbocycles. The molecule has 4 rings (SSSR count). The first-order valence-electron chi connectivity index (χ1n) is 15.3. The second kappa shape index (κ2) is 21.3. The summed E-state index contributed by atoms with van der Waals surface area (Å²) in [6.45, 7) is 2.45. The van der Waals surface area contributed by atoms with Gasteiger partial charge in [0.15, 0.2) is 0 Å². The van der Waals surface area contributed by atoms with Crippen LogP contribution in [0.15, 0.2) is 58.9 Å². The lowest BCUT2D eigenvalue weighted by atomic mass is 9.97. The molecule has 270 valence electrons. The van der Waals surface area contributed by atoms with Crippen LogP contribution in [0.3, 0.4) is 0 Å². The predicted octanol–water partition coefficient (Wildman–Crippen LogP) is 6.04. The number of anilines is 1. The minimum atomic E-state index is -1.12. The van der Waals surface area contributed by atoms with Crippen molar-refractivity contribution >= 4 is 77.2 Å². The van der Waals surface area contributed by atoms with Gasteiger partial charge in [0.05, 0.1) is 17.3 Å². The minimum Gasteiger partial charge on any atom is -0.492 e. The fourth-order valence-corrected chi connectivity index (χ4v) is 6.69. The van der Waals surface area contributed by atoms with E-state index in [1.54, 1.807) is 24.3 Å². The number of thiazole rings is 1. The van der Waals surface area contributed by atoms with Crippen LogP contribution in [0.1, 0.15) is 43.0 Å². The fourth-order valence-electron chi connectivity index (χ4n) is 4.75. The lowest BCUT2D eigenvalue weighted by molar-refractivity contribution is -0.141. The maximum absolute atomic E-state index is 12.6. The third kappa shape index (κ3) is 12.0. The molecule has 4 aromatic rings. The fraction of sp³-hybridized carbons (Fsp3) is 0.294. The molecule has 0 aliphatic rings. The number of aromatic nitrogens is 2. The third-order valence-corrected chi connectivity index (χ3v) is 9.51. The van der Waals surface area contributed by atoms with E-state index < -0.39 is 24.0 Å². The molecular formula is C34H37Cl3N8O4S2. The number of unbranched alkanes of at least 4 members (excludes halogenated alkanes) is 1. The lowest BCUT2D eigenvalue weighted by Gasteiger charge is -2.20. The number of carbonyl (C=O) groups is 2. The number of pyridine rings is 1. The monoisotopic (exact) mass is 790 g/mol. The van der Waals surface area contributed by atoms with Gasteiger partial charge in [0.2, 0.25) is 5.91 Å². The summed E-state index contributed by atoms with van der Waals surface area (Å²) in [6.07, 6.45) is 1.94. The number of nitriles is 2. The number of nitrogen functional groups attached to an aromatic ring is 1. The van der Waals surface area contributed by atoms with E-state index in [1.807, 2.05) is 29.6 Å². The number of amides is 1. The number of halogens is 3. The molecule has 0 unspecified atom stereocenters. The first-order valence-corrected chi connectivity index (χ1v) is 17.6. The summed E-state index contributed by atoms with van der Waals surface area (Å²) in [5.74, 6) is -0.530. The molecule has 0 fully saturated rings. The molecule has 0 aliphatic carbocycles. The molecule has 17 heteroatoms. The smallest absolute Gasteiger partial charge is 0.325 e. The van der Waals surface area contributed by atoms with Gasteiger partial charge in [-0.1, -0.05) is 54.0 Å². The van der Waals surface area contributed by atoms with Crippen LogP contribution in [0, 0.1) is 22.7 Å². The third-order valence-electron chi connectivity index (χ3n) is 7.31. The Hall–Kier alpha value is -4.12. The maximum Gasteiger partial charge on any atom is 0.325 e. The van der Waals surface area contributed by atoms with Crippen molar-refractivity contribution in [3.63, 3.8) is 0 Å². The van der Waals surface area contributed by atoms with Crippen molar-refractivity contribution in [3.05, 3.63) is 75.8 Å². The zero-order chi connectivity index (χ0) is 35.3. The number of carboxylic acids is 1. The number of hydrogen-bond acceptors (Lipinski definition) is 12. The van der Waals surface area contributed by atoms with Crippen LogP contribution in [0.2, 0.25) is 5.02 Å². The highest BCUT2D eigenvalue weighted by molar-refractivity contribution is 7.98. The van der Waals surface area contributed by atoms with Gasteiger partial charge in [-0.05, 0) is 56.1 Å². The van der Waals surface area contributed by atoms with Gasteiger partial charge in [0.25, 0.3) is 0 Å². The summed E-state index contributed by atoms with van der Waals surface area (Å²) in [5.41, 5.74) is 14.9. The second-order valence-electron chi connectivity index (χ2n) is 10.8. The van der Waals surface area contributed by atoms with Gasteiger partial charge in [0, 0.05) is 33.8 Å². The normalized spacial score (nSPS) is 11.5. The summed E-state index contributed by atoms with van der Waals surface area (Å²) in [6, 6.07) is 17.0. The van der Waals surface area contributed by atoms with E-state index in [9.17, 15) is 20.1 Å². The van der Waals surface area contributed by atoms with Gasteiger partial charge in [-0.25, -0.2) is 9.97 Å². The molecule has 0 bridgehead atoms. The number of carbonyl (C=O) groups excluding carboxylic acids is 1. The molecule has 2 aromatic carbocycles. The topological polar surface area (TPSA) is 213 Å². The molecule has 1 amide bonds. The molecule has 2 aromatic heterocycles. The van der Waals surface area contributed by atoms with Gasteiger partial charge in [-0.2, -0.15) is 10.5 Å². The standard InChI is InChI=1S/C34H35ClN8O4S2.2ClH/c1-20(34(45)46)41-31(44)28(4-2-3-13-36)40-14-15-47-25-11-7-21(8-12-25)29-26(16-37)30(39)43-33(27(29)17-38)49-19-24-18-48-32(42-24)22-5-9-23(35)10-6-22;;/h5-12,18,20,28,40H,2-4,13-15,19,36H2,1H3,(H2,39,43)(H,41,44)(H,45,46);2*1H/t20-,28-;;/m0../s1. The number of thioether (sulfide) groups is 1. The quantitative estimate of drug-likeness (QED) is 0.0612. The van der Waals surface area contributed by atoms with Gasteiger partial charge in [-0.15, -0.1) is 36.2 Å².